The van der Waals surface area contributed by atoms with Crippen molar-refractivity contribution in [1.29, 1.82) is 0 Å². The Kier molecular flexibility index (Phi) is 3.43. The lowest BCUT2D eigenvalue weighted by Gasteiger charge is -2.26. The zero-order valence-corrected chi connectivity index (χ0v) is 11.3. The molecule has 0 spiro atoms. The second-order valence-corrected chi connectivity index (χ2v) is 5.70. The molecule has 1 aromatic heterocycles. The van der Waals surface area contributed by atoms with Crippen molar-refractivity contribution in [2.75, 3.05) is 11.1 Å². The van der Waals surface area contributed by atoms with E-state index in [1.54, 1.807) is 6.20 Å². The number of pyridine rings is 1. The van der Waals surface area contributed by atoms with Crippen LogP contribution in [0.2, 0.25) is 5.15 Å². The van der Waals surface area contributed by atoms with Crippen LogP contribution in [0.25, 0.3) is 0 Å². The molecule has 1 atom stereocenters. The molecule has 0 saturated heterocycles. The first-order valence-corrected chi connectivity index (χ1v) is 7.40. The summed E-state index contributed by atoms with van der Waals surface area (Å²) in [7, 11) is 0. The Morgan fingerprint density at radius 3 is 2.94 bits per heavy atom. The highest BCUT2D eigenvalue weighted by Crippen LogP contribution is 2.33. The maximum absolute atomic E-state index is 5.79. The molecular weight excluding hydrogens is 264 g/mol. The number of anilines is 1. The van der Waals surface area contributed by atoms with Crippen molar-refractivity contribution in [2.45, 2.75) is 11.8 Å². The number of nitrogens with zero attached hydrogens (tertiary/aromatic N) is 1. The summed E-state index contributed by atoms with van der Waals surface area (Å²) in [5.74, 6) is 2.19. The number of nitrogens with one attached hydrogen (secondary N) is 1. The highest BCUT2D eigenvalue weighted by molar-refractivity contribution is 7.98. The highest BCUT2D eigenvalue weighted by Gasteiger charge is 2.19. The van der Waals surface area contributed by atoms with Crippen LogP contribution in [0.1, 0.15) is 17.2 Å². The zero-order valence-electron chi connectivity index (χ0n) is 9.77. The fourth-order valence-corrected chi connectivity index (χ4v) is 3.37. The molecule has 0 amide bonds. The standard InChI is InChI=1S/C14H13ClN2S/c15-14-6-5-11(7-16-14)17-13-9-18-8-10-3-1-2-4-12(10)13/h1-7,13,17H,8-9H2. The van der Waals surface area contributed by atoms with Crippen molar-refractivity contribution in [3.8, 4) is 0 Å². The maximum atomic E-state index is 5.79. The molecule has 4 heteroatoms. The smallest absolute Gasteiger partial charge is 0.129 e. The van der Waals surface area contributed by atoms with E-state index in [0.717, 1.165) is 17.2 Å². The number of rotatable bonds is 2. The lowest BCUT2D eigenvalue weighted by Crippen LogP contribution is -2.18. The van der Waals surface area contributed by atoms with Crippen LogP contribution in [0.5, 0.6) is 0 Å². The predicted molar refractivity (Wildman–Crippen MR) is 78.2 cm³/mol. The van der Waals surface area contributed by atoms with E-state index in [0.29, 0.717) is 11.2 Å². The minimum atomic E-state index is 0.350. The van der Waals surface area contributed by atoms with E-state index in [2.05, 4.69) is 34.6 Å². The summed E-state index contributed by atoms with van der Waals surface area (Å²) in [4.78, 5) is 4.10. The Bertz CT molecular complexity index is 542. The third-order valence-electron chi connectivity index (χ3n) is 3.04. The third-order valence-corrected chi connectivity index (χ3v) is 4.35. The van der Waals surface area contributed by atoms with Gasteiger partial charge in [-0.05, 0) is 23.3 Å². The summed E-state index contributed by atoms with van der Waals surface area (Å²) in [5.41, 5.74) is 3.83. The quantitative estimate of drug-likeness (QED) is 0.835. The van der Waals surface area contributed by atoms with E-state index in [-0.39, 0.29) is 0 Å². The molecule has 0 saturated carbocycles. The van der Waals surface area contributed by atoms with Gasteiger partial charge in [0.2, 0.25) is 0 Å². The lowest BCUT2D eigenvalue weighted by molar-refractivity contribution is 0.869. The summed E-state index contributed by atoms with van der Waals surface area (Å²) in [6.45, 7) is 0. The molecule has 2 nitrogen and oxygen atoms in total. The van der Waals surface area contributed by atoms with Gasteiger partial charge in [0.1, 0.15) is 5.15 Å². The number of hydrogen-bond acceptors (Lipinski definition) is 3. The summed E-state index contributed by atoms with van der Waals surface area (Å²) in [6.07, 6.45) is 1.78. The largest absolute Gasteiger partial charge is 0.376 e. The molecule has 92 valence electrons. The van der Waals surface area contributed by atoms with E-state index in [1.807, 2.05) is 23.9 Å². The van der Waals surface area contributed by atoms with Gasteiger partial charge in [-0.3, -0.25) is 0 Å². The van der Waals surface area contributed by atoms with E-state index < -0.39 is 0 Å². The number of thioether (sulfide) groups is 1. The van der Waals surface area contributed by atoms with Gasteiger partial charge >= 0.3 is 0 Å². The summed E-state index contributed by atoms with van der Waals surface area (Å²) in [5, 5.41) is 4.05. The Hall–Kier alpha value is -1.19. The number of benzene rings is 1. The van der Waals surface area contributed by atoms with Gasteiger partial charge < -0.3 is 5.32 Å². The van der Waals surface area contributed by atoms with E-state index >= 15 is 0 Å². The molecular formula is C14H13ClN2S. The summed E-state index contributed by atoms with van der Waals surface area (Å²) in [6, 6.07) is 12.7. The van der Waals surface area contributed by atoms with Crippen molar-refractivity contribution >= 4 is 29.1 Å². The highest BCUT2D eigenvalue weighted by atomic mass is 35.5. The van der Waals surface area contributed by atoms with Crippen LogP contribution >= 0.6 is 23.4 Å². The van der Waals surface area contributed by atoms with Gasteiger partial charge in [-0.25, -0.2) is 4.98 Å². The fourth-order valence-electron chi connectivity index (χ4n) is 2.16. The average Bonchev–Trinajstić information content (AvgIpc) is 2.42. The molecule has 3 rings (SSSR count). The van der Waals surface area contributed by atoms with E-state index in [4.69, 9.17) is 11.6 Å². The fraction of sp³-hybridized carbons (Fsp3) is 0.214. The Morgan fingerprint density at radius 1 is 1.22 bits per heavy atom. The topological polar surface area (TPSA) is 24.9 Å². The van der Waals surface area contributed by atoms with Crippen LogP contribution in [0.3, 0.4) is 0 Å². The van der Waals surface area contributed by atoms with Gasteiger partial charge in [0.05, 0.1) is 17.9 Å². The molecule has 1 N–H and O–H groups in total. The SMILES string of the molecule is Clc1ccc(NC2CSCc3ccccc32)cn1. The molecule has 0 radical (unpaired) electrons. The van der Waals surface area contributed by atoms with E-state index in [1.165, 1.54) is 11.1 Å². The molecule has 0 fully saturated rings. The van der Waals surface area contributed by atoms with Crippen LogP contribution in [0.15, 0.2) is 42.6 Å². The number of aromatic nitrogens is 1. The van der Waals surface area contributed by atoms with Crippen LogP contribution < -0.4 is 5.32 Å². The molecule has 2 aromatic rings. The monoisotopic (exact) mass is 276 g/mol. The van der Waals surface area contributed by atoms with Gasteiger partial charge in [-0.1, -0.05) is 35.9 Å². The molecule has 1 aromatic carbocycles. The van der Waals surface area contributed by atoms with Crippen molar-refractivity contribution in [3.63, 3.8) is 0 Å². The van der Waals surface area contributed by atoms with Crippen LogP contribution in [-0.2, 0) is 5.75 Å². The molecule has 2 heterocycles. The Balaban J connectivity index is 1.84. The van der Waals surface area contributed by atoms with E-state index in [9.17, 15) is 0 Å². The molecule has 1 aliphatic rings. The Morgan fingerprint density at radius 2 is 2.11 bits per heavy atom. The molecule has 1 unspecified atom stereocenters. The van der Waals surface area contributed by atoms with Gasteiger partial charge in [-0.2, -0.15) is 11.8 Å². The van der Waals surface area contributed by atoms with Crippen LogP contribution in [-0.4, -0.2) is 10.7 Å². The van der Waals surface area contributed by atoms with Gasteiger partial charge in [0, 0.05) is 11.5 Å². The summed E-state index contributed by atoms with van der Waals surface area (Å²) >= 11 is 7.75. The second kappa shape index (κ2) is 5.21. The van der Waals surface area contributed by atoms with Gasteiger partial charge in [0.25, 0.3) is 0 Å². The first-order chi connectivity index (χ1) is 8.83. The van der Waals surface area contributed by atoms with Gasteiger partial charge in [-0.15, -0.1) is 0 Å². The maximum Gasteiger partial charge on any atom is 0.129 e. The first kappa shape index (κ1) is 11.9. The normalized spacial score (nSPS) is 18.2. The van der Waals surface area contributed by atoms with Crippen molar-refractivity contribution < 1.29 is 0 Å². The predicted octanol–water partition coefficient (Wildman–Crippen LogP) is 4.14. The minimum Gasteiger partial charge on any atom is -0.376 e. The first-order valence-electron chi connectivity index (χ1n) is 5.86. The van der Waals surface area contributed by atoms with Crippen molar-refractivity contribution in [1.82, 2.24) is 4.98 Å². The van der Waals surface area contributed by atoms with Crippen molar-refractivity contribution in [3.05, 3.63) is 58.9 Å². The van der Waals surface area contributed by atoms with Crippen LogP contribution in [0, 0.1) is 0 Å². The van der Waals surface area contributed by atoms with Crippen molar-refractivity contribution in [2.24, 2.45) is 0 Å². The molecule has 0 aliphatic carbocycles. The second-order valence-electron chi connectivity index (χ2n) is 4.28. The zero-order chi connectivity index (χ0) is 12.4. The number of fused-ring (bicyclic) bond motifs is 1. The Labute approximate surface area is 116 Å². The number of hydrogen-bond donors (Lipinski definition) is 1. The molecule has 0 bridgehead atoms. The molecule has 18 heavy (non-hydrogen) atoms. The molecule has 1 aliphatic heterocycles. The number of halogens is 1. The summed E-state index contributed by atoms with van der Waals surface area (Å²) < 4.78 is 0. The lowest BCUT2D eigenvalue weighted by atomic mass is 10.0. The minimum absolute atomic E-state index is 0.350. The average molecular weight is 277 g/mol. The third kappa shape index (κ3) is 2.47. The van der Waals surface area contributed by atoms with Crippen LogP contribution in [0.4, 0.5) is 5.69 Å². The van der Waals surface area contributed by atoms with Gasteiger partial charge in [0.15, 0.2) is 0 Å².